The van der Waals surface area contributed by atoms with Gasteiger partial charge < -0.3 is 5.32 Å². The third kappa shape index (κ3) is 3.79. The van der Waals surface area contributed by atoms with Crippen molar-refractivity contribution in [2.24, 2.45) is 17.8 Å². The fourth-order valence-corrected chi connectivity index (χ4v) is 6.75. The zero-order valence-corrected chi connectivity index (χ0v) is 16.9. The van der Waals surface area contributed by atoms with Gasteiger partial charge in [-0.15, -0.1) is 0 Å². The summed E-state index contributed by atoms with van der Waals surface area (Å²) in [7, 11) is -3.52. The number of nitrogens with one attached hydrogen (secondary N) is 1. The van der Waals surface area contributed by atoms with E-state index in [-0.39, 0.29) is 11.8 Å². The summed E-state index contributed by atoms with van der Waals surface area (Å²) in [5, 5.41) is 2.99. The van der Waals surface area contributed by atoms with Crippen molar-refractivity contribution in [3.63, 3.8) is 0 Å². The Labute approximate surface area is 162 Å². The molecule has 0 bridgehead atoms. The number of amides is 1. The van der Waals surface area contributed by atoms with Crippen LogP contribution in [0.5, 0.6) is 0 Å². The third-order valence-electron chi connectivity index (χ3n) is 6.60. The van der Waals surface area contributed by atoms with E-state index >= 15 is 0 Å². The maximum atomic E-state index is 13.2. The van der Waals surface area contributed by atoms with Gasteiger partial charge in [0.2, 0.25) is 15.9 Å². The Morgan fingerprint density at radius 1 is 1.00 bits per heavy atom. The van der Waals surface area contributed by atoms with E-state index in [0.29, 0.717) is 35.5 Å². The molecule has 0 aromatic heterocycles. The lowest BCUT2D eigenvalue weighted by Crippen LogP contribution is -2.32. The molecule has 4 rings (SSSR count). The Balaban J connectivity index is 1.52. The molecular weight excluding hydrogens is 360 g/mol. The molecule has 1 N–H and O–H groups in total. The molecule has 0 unspecified atom stereocenters. The Kier molecular flexibility index (Phi) is 5.30. The number of nitrogens with zero attached hydrogens (tertiary/aromatic N) is 1. The molecule has 1 heterocycles. The van der Waals surface area contributed by atoms with Gasteiger partial charge in [-0.25, -0.2) is 8.42 Å². The second-order valence-electron chi connectivity index (χ2n) is 8.43. The van der Waals surface area contributed by atoms with Gasteiger partial charge in [0.15, 0.2) is 0 Å². The third-order valence-corrected chi connectivity index (χ3v) is 8.64. The van der Waals surface area contributed by atoms with Crippen molar-refractivity contribution in [2.75, 3.05) is 18.4 Å². The molecule has 2 aliphatic carbocycles. The number of aryl methyl sites for hydroxylation is 1. The molecule has 1 aromatic rings. The van der Waals surface area contributed by atoms with E-state index in [9.17, 15) is 13.2 Å². The monoisotopic (exact) mass is 390 g/mol. The van der Waals surface area contributed by atoms with Crippen molar-refractivity contribution >= 4 is 21.6 Å². The minimum atomic E-state index is -3.52. The number of carbonyl (C=O) groups is 1. The number of benzene rings is 1. The molecular formula is C21H30N2O3S. The van der Waals surface area contributed by atoms with Crippen LogP contribution in [0.2, 0.25) is 0 Å². The minimum absolute atomic E-state index is 0.0638. The van der Waals surface area contributed by atoms with Crippen LogP contribution in [0, 0.1) is 24.7 Å². The van der Waals surface area contributed by atoms with Crippen molar-refractivity contribution in [1.82, 2.24) is 4.31 Å². The van der Waals surface area contributed by atoms with Gasteiger partial charge >= 0.3 is 0 Å². The van der Waals surface area contributed by atoms with Crippen molar-refractivity contribution in [1.29, 1.82) is 0 Å². The standard InChI is InChI=1S/C21H30N2O3S/c1-15-10-11-16(22-21(24)20-17-8-4-5-9-18(17)20)14-19(15)27(25,26)23-12-6-2-3-7-13-23/h10-11,14,17-18,20H,2-9,12-13H2,1H3,(H,22,24)/t17-,18-/m0/s1. The first-order valence-electron chi connectivity index (χ1n) is 10.4. The summed E-state index contributed by atoms with van der Waals surface area (Å²) >= 11 is 0. The van der Waals surface area contributed by atoms with E-state index < -0.39 is 10.0 Å². The van der Waals surface area contributed by atoms with E-state index in [1.165, 1.54) is 12.8 Å². The van der Waals surface area contributed by atoms with E-state index in [1.54, 1.807) is 16.4 Å². The summed E-state index contributed by atoms with van der Waals surface area (Å²) in [5.41, 5.74) is 1.33. The Morgan fingerprint density at radius 2 is 1.63 bits per heavy atom. The number of rotatable bonds is 4. The second-order valence-corrected chi connectivity index (χ2v) is 10.3. The van der Waals surface area contributed by atoms with Crippen molar-refractivity contribution < 1.29 is 13.2 Å². The Bertz CT molecular complexity index is 801. The van der Waals surface area contributed by atoms with Crippen LogP contribution in [0.1, 0.15) is 56.9 Å². The Hall–Kier alpha value is -1.40. The summed E-state index contributed by atoms with van der Waals surface area (Å²) in [6, 6.07) is 5.28. The molecule has 148 valence electrons. The van der Waals surface area contributed by atoms with Gasteiger partial charge in [0, 0.05) is 24.7 Å². The van der Waals surface area contributed by atoms with E-state index in [1.807, 2.05) is 13.0 Å². The molecule has 1 aliphatic heterocycles. The first-order chi connectivity index (χ1) is 13.0. The first kappa shape index (κ1) is 18.9. The lowest BCUT2D eigenvalue weighted by molar-refractivity contribution is -0.117. The molecule has 0 radical (unpaired) electrons. The van der Waals surface area contributed by atoms with Gasteiger partial charge in [-0.1, -0.05) is 31.7 Å². The summed E-state index contributed by atoms with van der Waals surface area (Å²) in [6.45, 7) is 3.00. The van der Waals surface area contributed by atoms with Gasteiger partial charge in [0.05, 0.1) is 4.90 Å². The quantitative estimate of drug-likeness (QED) is 0.847. The average Bonchev–Trinajstić information content (AvgIpc) is 3.42. The smallest absolute Gasteiger partial charge is 0.243 e. The van der Waals surface area contributed by atoms with Crippen molar-refractivity contribution in [2.45, 2.75) is 63.2 Å². The number of hydrogen-bond acceptors (Lipinski definition) is 3. The zero-order valence-electron chi connectivity index (χ0n) is 16.1. The summed E-state index contributed by atoms with van der Waals surface area (Å²) in [5.74, 6) is 1.28. The lowest BCUT2D eigenvalue weighted by atomic mass is 10.0. The number of carbonyl (C=O) groups excluding carboxylic acids is 1. The molecule has 1 amide bonds. The fraction of sp³-hybridized carbons (Fsp3) is 0.667. The van der Waals surface area contributed by atoms with Crippen LogP contribution in [0.25, 0.3) is 0 Å². The van der Waals surface area contributed by atoms with Crippen LogP contribution in [-0.4, -0.2) is 31.7 Å². The summed E-state index contributed by atoms with van der Waals surface area (Å²) in [6.07, 6.45) is 8.78. The van der Waals surface area contributed by atoms with Crippen LogP contribution in [0.15, 0.2) is 23.1 Å². The zero-order chi connectivity index (χ0) is 19.0. The van der Waals surface area contributed by atoms with Crippen LogP contribution in [0.3, 0.4) is 0 Å². The van der Waals surface area contributed by atoms with Gasteiger partial charge in [0.1, 0.15) is 0 Å². The largest absolute Gasteiger partial charge is 0.326 e. The normalized spacial score (nSPS) is 28.9. The number of hydrogen-bond donors (Lipinski definition) is 1. The highest BCUT2D eigenvalue weighted by atomic mass is 32.2. The highest BCUT2D eigenvalue weighted by Crippen LogP contribution is 2.55. The Morgan fingerprint density at radius 3 is 2.26 bits per heavy atom. The van der Waals surface area contributed by atoms with Gasteiger partial charge in [-0.2, -0.15) is 4.31 Å². The van der Waals surface area contributed by atoms with Crippen molar-refractivity contribution in [3.8, 4) is 0 Å². The molecule has 0 spiro atoms. The van der Waals surface area contributed by atoms with Crippen molar-refractivity contribution in [3.05, 3.63) is 23.8 Å². The van der Waals surface area contributed by atoms with Crippen LogP contribution >= 0.6 is 0 Å². The predicted molar refractivity (Wildman–Crippen MR) is 106 cm³/mol. The van der Waals surface area contributed by atoms with Gasteiger partial charge in [-0.05, 0) is 62.1 Å². The van der Waals surface area contributed by atoms with Gasteiger partial charge in [-0.3, -0.25) is 4.79 Å². The molecule has 6 heteroatoms. The number of fused-ring (bicyclic) bond motifs is 1. The van der Waals surface area contributed by atoms with E-state index in [0.717, 1.165) is 44.1 Å². The molecule has 3 fully saturated rings. The van der Waals surface area contributed by atoms with Crippen LogP contribution in [-0.2, 0) is 14.8 Å². The number of sulfonamides is 1. The summed E-state index contributed by atoms with van der Waals surface area (Å²) in [4.78, 5) is 13.0. The average molecular weight is 391 g/mol. The highest BCUT2D eigenvalue weighted by Gasteiger charge is 2.54. The fourth-order valence-electron chi connectivity index (χ4n) is 4.98. The van der Waals surface area contributed by atoms with Gasteiger partial charge in [0.25, 0.3) is 0 Å². The second kappa shape index (κ2) is 7.55. The SMILES string of the molecule is Cc1ccc(NC(=O)C2[C@H]3CCCC[C@H]23)cc1S(=O)(=O)N1CCCCCC1. The minimum Gasteiger partial charge on any atom is -0.326 e. The van der Waals surface area contributed by atoms with Crippen LogP contribution in [0.4, 0.5) is 5.69 Å². The molecule has 3 aliphatic rings. The molecule has 1 aromatic carbocycles. The predicted octanol–water partition coefficient (Wildman–Crippen LogP) is 3.93. The molecule has 5 nitrogen and oxygen atoms in total. The molecule has 2 saturated carbocycles. The highest BCUT2D eigenvalue weighted by molar-refractivity contribution is 7.89. The summed E-state index contributed by atoms with van der Waals surface area (Å²) < 4.78 is 27.9. The molecule has 2 atom stereocenters. The maximum Gasteiger partial charge on any atom is 0.243 e. The maximum absolute atomic E-state index is 13.2. The topological polar surface area (TPSA) is 66.5 Å². The molecule has 27 heavy (non-hydrogen) atoms. The van der Waals surface area contributed by atoms with E-state index in [2.05, 4.69) is 5.32 Å². The first-order valence-corrected chi connectivity index (χ1v) is 11.8. The molecule has 1 saturated heterocycles. The lowest BCUT2D eigenvalue weighted by Gasteiger charge is -2.21. The van der Waals surface area contributed by atoms with Crippen LogP contribution < -0.4 is 5.32 Å². The van der Waals surface area contributed by atoms with E-state index in [4.69, 9.17) is 0 Å². The number of anilines is 1.